The molecule has 0 amide bonds. The second-order valence-electron chi connectivity index (χ2n) is 3.54. The summed E-state index contributed by atoms with van der Waals surface area (Å²) in [5.41, 5.74) is 1.66. The number of nitriles is 1. The molecule has 0 aliphatic carbocycles. The van der Waals surface area contributed by atoms with E-state index in [0.29, 0.717) is 17.1 Å². The Kier molecular flexibility index (Phi) is 2.97. The van der Waals surface area contributed by atoms with Gasteiger partial charge in [-0.25, -0.2) is 14.4 Å². The van der Waals surface area contributed by atoms with Crippen LogP contribution in [-0.4, -0.2) is 9.97 Å². The van der Waals surface area contributed by atoms with E-state index in [4.69, 9.17) is 5.26 Å². The van der Waals surface area contributed by atoms with E-state index in [1.807, 2.05) is 6.07 Å². The maximum Gasteiger partial charge on any atom is 0.151 e. The zero-order valence-electron chi connectivity index (χ0n) is 9.11. The van der Waals surface area contributed by atoms with Gasteiger partial charge in [0.05, 0.1) is 6.20 Å². The minimum Gasteiger partial charge on any atom is -0.339 e. The van der Waals surface area contributed by atoms with Crippen molar-refractivity contribution in [3.05, 3.63) is 47.7 Å². The molecular formula is C12H9FN4. The Hall–Kier alpha value is -2.48. The van der Waals surface area contributed by atoms with Crippen LogP contribution in [0.15, 0.2) is 30.7 Å². The van der Waals surface area contributed by atoms with E-state index in [9.17, 15) is 4.39 Å². The lowest BCUT2D eigenvalue weighted by molar-refractivity contribution is 0.627. The first-order valence-corrected chi connectivity index (χ1v) is 4.93. The normalized spacial score (nSPS) is 9.71. The molecule has 5 heteroatoms. The quantitative estimate of drug-likeness (QED) is 0.857. The number of benzene rings is 1. The standard InChI is InChI=1S/C12H9FN4/c1-8-2-10(13)4-11(3-8)17-12-9(5-14)6-15-7-16-12/h2-4,6-7H,1H3,(H,15,16,17). The third kappa shape index (κ3) is 2.55. The maximum absolute atomic E-state index is 13.2. The van der Waals surface area contributed by atoms with Gasteiger partial charge in [0.2, 0.25) is 0 Å². The molecule has 2 aromatic rings. The van der Waals surface area contributed by atoms with Crippen LogP contribution in [0.1, 0.15) is 11.1 Å². The Bertz CT molecular complexity index is 569. The first-order valence-electron chi connectivity index (χ1n) is 4.93. The van der Waals surface area contributed by atoms with Crippen molar-refractivity contribution >= 4 is 11.5 Å². The van der Waals surface area contributed by atoms with Crippen molar-refractivity contribution in [2.24, 2.45) is 0 Å². The molecule has 0 aliphatic heterocycles. The first-order chi connectivity index (χ1) is 8.19. The molecule has 0 bridgehead atoms. The van der Waals surface area contributed by atoms with E-state index in [1.165, 1.54) is 24.7 Å². The monoisotopic (exact) mass is 228 g/mol. The van der Waals surface area contributed by atoms with Gasteiger partial charge in [0, 0.05) is 5.69 Å². The molecule has 1 aromatic carbocycles. The molecule has 0 saturated heterocycles. The zero-order valence-corrected chi connectivity index (χ0v) is 9.11. The Morgan fingerprint density at radius 2 is 2.18 bits per heavy atom. The first kappa shape index (κ1) is 11.0. The van der Waals surface area contributed by atoms with Crippen molar-refractivity contribution in [2.45, 2.75) is 6.92 Å². The van der Waals surface area contributed by atoms with Crippen molar-refractivity contribution in [2.75, 3.05) is 5.32 Å². The van der Waals surface area contributed by atoms with E-state index >= 15 is 0 Å². The van der Waals surface area contributed by atoms with E-state index in [-0.39, 0.29) is 5.82 Å². The van der Waals surface area contributed by atoms with Gasteiger partial charge in [-0.3, -0.25) is 0 Å². The molecular weight excluding hydrogens is 219 g/mol. The summed E-state index contributed by atoms with van der Waals surface area (Å²) in [7, 11) is 0. The minimum atomic E-state index is -0.333. The lowest BCUT2D eigenvalue weighted by atomic mass is 10.2. The average Bonchev–Trinajstić information content (AvgIpc) is 2.28. The molecule has 0 unspecified atom stereocenters. The number of hydrogen-bond donors (Lipinski definition) is 1. The molecule has 2 rings (SSSR count). The van der Waals surface area contributed by atoms with Crippen molar-refractivity contribution in [1.82, 2.24) is 9.97 Å². The Morgan fingerprint density at radius 3 is 2.88 bits per heavy atom. The molecule has 1 aromatic heterocycles. The second kappa shape index (κ2) is 4.58. The smallest absolute Gasteiger partial charge is 0.151 e. The third-order valence-electron chi connectivity index (χ3n) is 2.14. The predicted octanol–water partition coefficient (Wildman–Crippen LogP) is 2.54. The number of hydrogen-bond acceptors (Lipinski definition) is 4. The maximum atomic E-state index is 13.2. The number of aryl methyl sites for hydroxylation is 1. The number of aromatic nitrogens is 2. The van der Waals surface area contributed by atoms with E-state index in [0.717, 1.165) is 5.56 Å². The fourth-order valence-electron chi connectivity index (χ4n) is 1.46. The summed E-state index contributed by atoms with van der Waals surface area (Å²) in [4.78, 5) is 7.68. The van der Waals surface area contributed by atoms with Gasteiger partial charge in [-0.05, 0) is 30.7 Å². The Balaban J connectivity index is 2.35. The summed E-state index contributed by atoms with van der Waals surface area (Å²) in [5.74, 6) is 0.0348. The summed E-state index contributed by atoms with van der Waals surface area (Å²) in [6, 6.07) is 6.50. The van der Waals surface area contributed by atoms with Crippen molar-refractivity contribution < 1.29 is 4.39 Å². The van der Waals surface area contributed by atoms with Crippen molar-refractivity contribution in [3.8, 4) is 6.07 Å². The highest BCUT2D eigenvalue weighted by atomic mass is 19.1. The number of halogens is 1. The molecule has 84 valence electrons. The van der Waals surface area contributed by atoms with E-state index in [2.05, 4.69) is 15.3 Å². The van der Waals surface area contributed by atoms with Crippen LogP contribution in [0.3, 0.4) is 0 Å². The molecule has 0 spiro atoms. The highest BCUT2D eigenvalue weighted by Gasteiger charge is 2.04. The van der Waals surface area contributed by atoms with Crippen LogP contribution >= 0.6 is 0 Å². The van der Waals surface area contributed by atoms with E-state index in [1.54, 1.807) is 13.0 Å². The lowest BCUT2D eigenvalue weighted by Gasteiger charge is -2.07. The lowest BCUT2D eigenvalue weighted by Crippen LogP contribution is -1.98. The van der Waals surface area contributed by atoms with Gasteiger partial charge in [0.15, 0.2) is 5.82 Å². The van der Waals surface area contributed by atoms with Gasteiger partial charge < -0.3 is 5.32 Å². The largest absolute Gasteiger partial charge is 0.339 e. The number of nitrogens with zero attached hydrogens (tertiary/aromatic N) is 3. The van der Waals surface area contributed by atoms with Gasteiger partial charge in [-0.15, -0.1) is 0 Å². The molecule has 1 N–H and O–H groups in total. The highest BCUT2D eigenvalue weighted by molar-refractivity contribution is 5.62. The topological polar surface area (TPSA) is 61.6 Å². The van der Waals surface area contributed by atoms with Crippen LogP contribution in [-0.2, 0) is 0 Å². The summed E-state index contributed by atoms with van der Waals surface area (Å²) < 4.78 is 13.2. The predicted molar refractivity (Wildman–Crippen MR) is 61.2 cm³/mol. The Labute approximate surface area is 97.8 Å². The van der Waals surface area contributed by atoms with Crippen LogP contribution in [0.5, 0.6) is 0 Å². The minimum absolute atomic E-state index is 0.314. The summed E-state index contributed by atoms with van der Waals surface area (Å²) in [5, 5.41) is 11.8. The number of anilines is 2. The highest BCUT2D eigenvalue weighted by Crippen LogP contribution is 2.19. The molecule has 0 atom stereocenters. The molecule has 17 heavy (non-hydrogen) atoms. The summed E-state index contributed by atoms with van der Waals surface area (Å²) in [6.45, 7) is 1.79. The number of nitrogens with one attached hydrogen (secondary N) is 1. The van der Waals surface area contributed by atoms with Crippen LogP contribution in [0, 0.1) is 24.1 Å². The van der Waals surface area contributed by atoms with Crippen LogP contribution in [0.2, 0.25) is 0 Å². The molecule has 0 saturated carbocycles. The summed E-state index contributed by atoms with van der Waals surface area (Å²) >= 11 is 0. The molecule has 0 aliphatic rings. The van der Waals surface area contributed by atoms with Crippen LogP contribution < -0.4 is 5.32 Å². The van der Waals surface area contributed by atoms with Crippen LogP contribution in [0.25, 0.3) is 0 Å². The fraction of sp³-hybridized carbons (Fsp3) is 0.0833. The van der Waals surface area contributed by atoms with Gasteiger partial charge >= 0.3 is 0 Å². The van der Waals surface area contributed by atoms with Gasteiger partial charge in [-0.2, -0.15) is 5.26 Å². The molecule has 0 radical (unpaired) electrons. The fourth-order valence-corrected chi connectivity index (χ4v) is 1.46. The van der Waals surface area contributed by atoms with Crippen molar-refractivity contribution in [1.29, 1.82) is 5.26 Å². The summed E-state index contributed by atoms with van der Waals surface area (Å²) in [6.07, 6.45) is 2.73. The molecule has 1 heterocycles. The third-order valence-corrected chi connectivity index (χ3v) is 2.14. The Morgan fingerprint density at radius 1 is 1.35 bits per heavy atom. The average molecular weight is 228 g/mol. The van der Waals surface area contributed by atoms with Crippen LogP contribution in [0.4, 0.5) is 15.9 Å². The molecule has 4 nitrogen and oxygen atoms in total. The van der Waals surface area contributed by atoms with Crippen molar-refractivity contribution in [3.63, 3.8) is 0 Å². The van der Waals surface area contributed by atoms with E-state index < -0.39 is 0 Å². The second-order valence-corrected chi connectivity index (χ2v) is 3.54. The SMILES string of the molecule is Cc1cc(F)cc(Nc2ncncc2C#N)c1. The molecule has 0 fully saturated rings. The van der Waals surface area contributed by atoms with Gasteiger partial charge in [0.25, 0.3) is 0 Å². The number of rotatable bonds is 2. The van der Waals surface area contributed by atoms with Gasteiger partial charge in [0.1, 0.15) is 23.8 Å². The zero-order chi connectivity index (χ0) is 12.3. The van der Waals surface area contributed by atoms with Gasteiger partial charge in [-0.1, -0.05) is 0 Å².